The first-order valence-corrected chi connectivity index (χ1v) is 5.28. The molecule has 1 aromatic rings. The minimum absolute atomic E-state index is 0.0415. The molecule has 0 atom stereocenters. The molecule has 0 bridgehead atoms. The van der Waals surface area contributed by atoms with Crippen molar-refractivity contribution in [3.8, 4) is 11.8 Å². The number of esters is 1. The van der Waals surface area contributed by atoms with Gasteiger partial charge >= 0.3 is 12.1 Å². The normalized spacial score (nSPS) is 10.5. The Morgan fingerprint density at radius 2 is 2.11 bits per heavy atom. The van der Waals surface area contributed by atoms with E-state index < -0.39 is 22.7 Å². The number of carbonyl (C=O) groups is 1. The Hall–Kier alpha value is -1.67. The molecule has 0 heterocycles. The summed E-state index contributed by atoms with van der Waals surface area (Å²) in [5.74, 6) is 3.57. The minimum atomic E-state index is -4.56. The van der Waals surface area contributed by atoms with Crippen LogP contribution in [0, 0.1) is 11.8 Å². The smallest absolute Gasteiger partial charge is 0.417 e. The van der Waals surface area contributed by atoms with Crippen molar-refractivity contribution in [2.24, 2.45) is 0 Å². The summed E-state index contributed by atoms with van der Waals surface area (Å²) in [6, 6.07) is 3.16. The van der Waals surface area contributed by atoms with Crippen LogP contribution in [0.1, 0.15) is 18.1 Å². The molecule has 1 rings (SSSR count). The summed E-state index contributed by atoms with van der Waals surface area (Å²) < 4.78 is 42.1. The van der Waals surface area contributed by atoms with Crippen molar-refractivity contribution in [2.45, 2.75) is 13.1 Å². The maximum Gasteiger partial charge on any atom is 0.417 e. The summed E-state index contributed by atoms with van der Waals surface area (Å²) >= 11 is 5.43. The van der Waals surface area contributed by atoms with Gasteiger partial charge in [-0.15, -0.1) is 0 Å². The van der Waals surface area contributed by atoms with Gasteiger partial charge < -0.3 is 4.74 Å². The number of hydrogen-bond donors (Lipinski definition) is 0. The second kappa shape index (κ2) is 5.78. The van der Waals surface area contributed by atoms with E-state index in [1.807, 2.05) is 0 Å². The van der Waals surface area contributed by atoms with Crippen LogP contribution >= 0.6 is 11.6 Å². The number of rotatable bonds is 1. The molecule has 0 amide bonds. The fourth-order valence-electron chi connectivity index (χ4n) is 1.11. The monoisotopic (exact) mass is 276 g/mol. The second-order valence-electron chi connectivity index (χ2n) is 3.16. The van der Waals surface area contributed by atoms with Crippen LogP contribution in [0.5, 0.6) is 0 Å². The molecular formula is C12H8ClF3O2. The molecule has 2 nitrogen and oxygen atoms in total. The number of carbonyl (C=O) groups excluding carboxylic acids is 1. The SMILES string of the molecule is CCOC(=O)C#Cc1ccc(Cl)c(C(F)(F)F)c1. The lowest BCUT2D eigenvalue weighted by Gasteiger charge is -2.08. The average Bonchev–Trinajstić information content (AvgIpc) is 2.27. The number of halogens is 4. The predicted molar refractivity (Wildman–Crippen MR) is 60.0 cm³/mol. The molecule has 0 saturated carbocycles. The van der Waals surface area contributed by atoms with E-state index in [0.717, 1.165) is 12.1 Å². The molecule has 18 heavy (non-hydrogen) atoms. The van der Waals surface area contributed by atoms with E-state index in [1.54, 1.807) is 6.92 Å². The summed E-state index contributed by atoms with van der Waals surface area (Å²) in [5, 5.41) is -0.413. The average molecular weight is 277 g/mol. The molecule has 96 valence electrons. The Labute approximate surface area is 107 Å². The fraction of sp³-hybridized carbons (Fsp3) is 0.250. The molecule has 0 spiro atoms. The van der Waals surface area contributed by atoms with Crippen molar-refractivity contribution in [1.82, 2.24) is 0 Å². The van der Waals surface area contributed by atoms with Gasteiger partial charge in [0.25, 0.3) is 0 Å². The molecule has 0 saturated heterocycles. The van der Waals surface area contributed by atoms with E-state index in [1.165, 1.54) is 6.07 Å². The molecule has 0 aromatic heterocycles. The van der Waals surface area contributed by atoms with Gasteiger partial charge in [-0.1, -0.05) is 17.5 Å². The van der Waals surface area contributed by atoms with Crippen LogP contribution < -0.4 is 0 Å². The van der Waals surface area contributed by atoms with Gasteiger partial charge in [0.1, 0.15) is 0 Å². The topological polar surface area (TPSA) is 26.3 Å². The number of hydrogen-bond acceptors (Lipinski definition) is 2. The Morgan fingerprint density at radius 3 is 2.67 bits per heavy atom. The lowest BCUT2D eigenvalue weighted by Crippen LogP contribution is -2.06. The molecular weight excluding hydrogens is 269 g/mol. The van der Waals surface area contributed by atoms with E-state index in [2.05, 4.69) is 16.6 Å². The van der Waals surface area contributed by atoms with Gasteiger partial charge in [0.05, 0.1) is 17.2 Å². The van der Waals surface area contributed by atoms with Crippen molar-refractivity contribution in [3.05, 3.63) is 34.3 Å². The fourth-order valence-corrected chi connectivity index (χ4v) is 1.34. The third-order valence-electron chi connectivity index (χ3n) is 1.86. The van der Waals surface area contributed by atoms with Gasteiger partial charge in [0.2, 0.25) is 0 Å². The van der Waals surface area contributed by atoms with Gasteiger partial charge in [-0.2, -0.15) is 13.2 Å². The first-order valence-electron chi connectivity index (χ1n) is 4.90. The maximum absolute atomic E-state index is 12.5. The van der Waals surface area contributed by atoms with Gasteiger partial charge in [-0.25, -0.2) is 4.79 Å². The Bertz CT molecular complexity index is 512. The van der Waals surface area contributed by atoms with Crippen LogP contribution in [-0.4, -0.2) is 12.6 Å². The summed E-state index contributed by atoms with van der Waals surface area (Å²) in [7, 11) is 0. The summed E-state index contributed by atoms with van der Waals surface area (Å²) in [5.41, 5.74) is -0.945. The maximum atomic E-state index is 12.5. The summed E-state index contributed by atoms with van der Waals surface area (Å²) in [6.07, 6.45) is -4.56. The van der Waals surface area contributed by atoms with Crippen LogP contribution in [0.4, 0.5) is 13.2 Å². The van der Waals surface area contributed by atoms with E-state index >= 15 is 0 Å². The van der Waals surface area contributed by atoms with Gasteiger partial charge in [0, 0.05) is 11.5 Å². The Balaban J connectivity index is 3.03. The largest absolute Gasteiger partial charge is 0.456 e. The number of alkyl halides is 3. The molecule has 0 aliphatic carbocycles. The first-order chi connectivity index (χ1) is 8.34. The second-order valence-corrected chi connectivity index (χ2v) is 3.57. The lowest BCUT2D eigenvalue weighted by molar-refractivity contribution is -0.137. The zero-order valence-electron chi connectivity index (χ0n) is 9.27. The molecule has 6 heteroatoms. The quantitative estimate of drug-likeness (QED) is 0.581. The van der Waals surface area contributed by atoms with Crippen molar-refractivity contribution in [2.75, 3.05) is 6.61 Å². The third kappa shape index (κ3) is 3.97. The molecule has 0 aliphatic heterocycles. The highest BCUT2D eigenvalue weighted by molar-refractivity contribution is 6.31. The van der Waals surface area contributed by atoms with Crippen molar-refractivity contribution >= 4 is 17.6 Å². The van der Waals surface area contributed by atoms with Crippen LogP contribution in [-0.2, 0) is 15.7 Å². The molecule has 0 unspecified atom stereocenters. The number of ether oxygens (including phenoxy) is 1. The van der Waals surface area contributed by atoms with E-state index in [4.69, 9.17) is 11.6 Å². The lowest BCUT2D eigenvalue weighted by atomic mass is 10.1. The van der Waals surface area contributed by atoms with E-state index in [-0.39, 0.29) is 12.2 Å². The van der Waals surface area contributed by atoms with Crippen LogP contribution in [0.3, 0.4) is 0 Å². The zero-order valence-corrected chi connectivity index (χ0v) is 10.0. The van der Waals surface area contributed by atoms with Crippen LogP contribution in [0.2, 0.25) is 5.02 Å². The van der Waals surface area contributed by atoms with Crippen molar-refractivity contribution < 1.29 is 22.7 Å². The van der Waals surface area contributed by atoms with E-state index in [0.29, 0.717) is 0 Å². The number of benzene rings is 1. The van der Waals surface area contributed by atoms with Crippen LogP contribution in [0.15, 0.2) is 18.2 Å². The summed E-state index contributed by atoms with van der Waals surface area (Å²) in [4.78, 5) is 10.9. The van der Waals surface area contributed by atoms with Gasteiger partial charge in [0.15, 0.2) is 0 Å². The van der Waals surface area contributed by atoms with E-state index in [9.17, 15) is 18.0 Å². The van der Waals surface area contributed by atoms with Crippen molar-refractivity contribution in [1.29, 1.82) is 0 Å². The van der Waals surface area contributed by atoms with Gasteiger partial charge in [-0.3, -0.25) is 0 Å². The molecule has 0 N–H and O–H groups in total. The van der Waals surface area contributed by atoms with Gasteiger partial charge in [-0.05, 0) is 25.1 Å². The Kier molecular flexibility index (Phi) is 4.62. The highest BCUT2D eigenvalue weighted by atomic mass is 35.5. The molecule has 0 radical (unpaired) electrons. The molecule has 1 aromatic carbocycles. The van der Waals surface area contributed by atoms with Crippen molar-refractivity contribution in [3.63, 3.8) is 0 Å². The highest BCUT2D eigenvalue weighted by Gasteiger charge is 2.33. The predicted octanol–water partition coefficient (Wildman–Crippen LogP) is 3.27. The molecule has 0 aliphatic rings. The first kappa shape index (κ1) is 14.4. The zero-order chi connectivity index (χ0) is 13.8. The third-order valence-corrected chi connectivity index (χ3v) is 2.19. The molecule has 0 fully saturated rings. The minimum Gasteiger partial charge on any atom is -0.456 e. The standard InChI is InChI=1S/C12H8ClF3O2/c1-2-18-11(17)6-4-8-3-5-10(13)9(7-8)12(14,15)16/h3,5,7H,2H2,1H3. The Morgan fingerprint density at radius 1 is 1.44 bits per heavy atom. The summed E-state index contributed by atoms with van der Waals surface area (Å²) in [6.45, 7) is 1.76. The van der Waals surface area contributed by atoms with Crippen LogP contribution in [0.25, 0.3) is 0 Å². The highest BCUT2D eigenvalue weighted by Crippen LogP contribution is 2.34.